The van der Waals surface area contributed by atoms with Gasteiger partial charge in [0.15, 0.2) is 0 Å². The minimum atomic E-state index is -4.40. The van der Waals surface area contributed by atoms with E-state index in [4.69, 9.17) is 4.52 Å². The van der Waals surface area contributed by atoms with E-state index in [9.17, 15) is 18.0 Å². The van der Waals surface area contributed by atoms with Crippen LogP contribution in [-0.4, -0.2) is 34.0 Å². The Bertz CT molecular complexity index is 996. The first kappa shape index (κ1) is 21.4. The molecule has 0 aliphatic carbocycles. The van der Waals surface area contributed by atoms with E-state index < -0.39 is 11.7 Å². The Labute approximate surface area is 171 Å². The average Bonchev–Trinajstić information content (AvgIpc) is 3.22. The largest absolute Gasteiger partial charge is 0.416 e. The highest BCUT2D eigenvalue weighted by Gasteiger charge is 2.30. The molecular weight excluding hydrogens is 397 g/mol. The maximum atomic E-state index is 12.7. The Kier molecular flexibility index (Phi) is 6.39. The van der Waals surface area contributed by atoms with Crippen molar-refractivity contribution < 1.29 is 22.5 Å². The van der Waals surface area contributed by atoms with Gasteiger partial charge in [-0.2, -0.15) is 18.2 Å². The molecule has 3 rings (SSSR count). The van der Waals surface area contributed by atoms with Crippen molar-refractivity contribution in [2.75, 3.05) is 18.4 Å². The lowest BCUT2D eigenvalue weighted by Crippen LogP contribution is -2.31. The van der Waals surface area contributed by atoms with Crippen LogP contribution in [0.5, 0.6) is 0 Å². The molecule has 2 aromatic carbocycles. The molecule has 0 saturated carbocycles. The quantitative estimate of drug-likeness (QED) is 0.594. The number of alkyl halides is 3. The second-order valence-electron chi connectivity index (χ2n) is 6.46. The molecule has 1 heterocycles. The first-order chi connectivity index (χ1) is 14.3. The van der Waals surface area contributed by atoms with Gasteiger partial charge in [-0.3, -0.25) is 4.79 Å². The number of para-hydroxylation sites is 1. The number of nitrogens with one attached hydrogen (secondary N) is 1. The monoisotopic (exact) mass is 418 g/mol. The van der Waals surface area contributed by atoms with Gasteiger partial charge in [0, 0.05) is 24.3 Å². The second-order valence-corrected chi connectivity index (χ2v) is 6.46. The molecular formula is C21H21F3N4O2. The SMILES string of the molecule is CCN(CC)C(=O)c1ccccc1NCc1nc(-c2ccc(C(F)(F)F)cc2)no1. The zero-order valence-electron chi connectivity index (χ0n) is 16.5. The van der Waals surface area contributed by atoms with Gasteiger partial charge >= 0.3 is 6.18 Å². The van der Waals surface area contributed by atoms with Gasteiger partial charge in [0.05, 0.1) is 17.7 Å². The summed E-state index contributed by atoms with van der Waals surface area (Å²) in [7, 11) is 0. The zero-order chi connectivity index (χ0) is 21.7. The number of hydrogen-bond donors (Lipinski definition) is 1. The van der Waals surface area contributed by atoms with Crippen LogP contribution >= 0.6 is 0 Å². The molecule has 0 unspecified atom stereocenters. The maximum absolute atomic E-state index is 12.7. The molecule has 6 nitrogen and oxygen atoms in total. The fourth-order valence-corrected chi connectivity index (χ4v) is 2.93. The summed E-state index contributed by atoms with van der Waals surface area (Å²) < 4.78 is 43.2. The number of benzene rings is 2. The highest BCUT2D eigenvalue weighted by molar-refractivity contribution is 5.99. The Morgan fingerprint density at radius 3 is 2.37 bits per heavy atom. The fraction of sp³-hybridized carbons (Fsp3) is 0.286. The molecule has 0 radical (unpaired) electrons. The summed E-state index contributed by atoms with van der Waals surface area (Å²) in [6, 6.07) is 11.7. The molecule has 0 saturated heterocycles. The number of amides is 1. The number of nitrogens with zero attached hydrogens (tertiary/aromatic N) is 3. The normalized spacial score (nSPS) is 11.4. The van der Waals surface area contributed by atoms with Crippen LogP contribution in [0.1, 0.15) is 35.7 Å². The van der Waals surface area contributed by atoms with Crippen molar-refractivity contribution in [3.63, 3.8) is 0 Å². The van der Waals surface area contributed by atoms with E-state index in [1.165, 1.54) is 12.1 Å². The Balaban J connectivity index is 1.71. The minimum absolute atomic E-state index is 0.0842. The highest BCUT2D eigenvalue weighted by Crippen LogP contribution is 2.30. The molecule has 1 N–H and O–H groups in total. The predicted octanol–water partition coefficient (Wildman–Crippen LogP) is 4.85. The number of halogens is 3. The molecule has 0 aliphatic rings. The summed E-state index contributed by atoms with van der Waals surface area (Å²) >= 11 is 0. The van der Waals surface area contributed by atoms with E-state index >= 15 is 0 Å². The summed E-state index contributed by atoms with van der Waals surface area (Å²) in [5.74, 6) is 0.349. The van der Waals surface area contributed by atoms with Crippen molar-refractivity contribution in [2.24, 2.45) is 0 Å². The second kappa shape index (κ2) is 8.98. The average molecular weight is 418 g/mol. The van der Waals surface area contributed by atoms with Gasteiger partial charge in [0.1, 0.15) is 0 Å². The number of hydrogen-bond acceptors (Lipinski definition) is 5. The molecule has 1 amide bonds. The molecule has 1 aromatic heterocycles. The van der Waals surface area contributed by atoms with Crippen LogP contribution in [0.25, 0.3) is 11.4 Å². The third kappa shape index (κ3) is 4.79. The van der Waals surface area contributed by atoms with Crippen molar-refractivity contribution in [1.82, 2.24) is 15.0 Å². The smallest absolute Gasteiger partial charge is 0.375 e. The van der Waals surface area contributed by atoms with Crippen LogP contribution in [0.3, 0.4) is 0 Å². The van der Waals surface area contributed by atoms with Gasteiger partial charge in [-0.15, -0.1) is 0 Å². The lowest BCUT2D eigenvalue weighted by Gasteiger charge is -2.20. The molecule has 30 heavy (non-hydrogen) atoms. The molecule has 3 aromatic rings. The van der Waals surface area contributed by atoms with Crippen LogP contribution in [0.2, 0.25) is 0 Å². The van der Waals surface area contributed by atoms with Crippen LogP contribution in [0.4, 0.5) is 18.9 Å². The Morgan fingerprint density at radius 2 is 1.73 bits per heavy atom. The third-order valence-electron chi connectivity index (χ3n) is 4.58. The van der Waals surface area contributed by atoms with E-state index in [1.807, 2.05) is 19.9 Å². The molecule has 0 bridgehead atoms. The van der Waals surface area contributed by atoms with Crippen molar-refractivity contribution in [1.29, 1.82) is 0 Å². The summed E-state index contributed by atoms with van der Waals surface area (Å²) in [4.78, 5) is 18.6. The van der Waals surface area contributed by atoms with E-state index in [0.717, 1.165) is 12.1 Å². The predicted molar refractivity (Wildman–Crippen MR) is 106 cm³/mol. The van der Waals surface area contributed by atoms with Gasteiger partial charge in [-0.25, -0.2) is 0 Å². The standard InChI is InChI=1S/C21H21F3N4O2/c1-3-28(4-2)20(29)16-7-5-6-8-17(16)25-13-18-26-19(27-30-18)14-9-11-15(12-10-14)21(22,23)24/h5-12,25H,3-4,13H2,1-2H3. The summed E-state index contributed by atoms with van der Waals surface area (Å²) in [5.41, 5.74) is 0.827. The first-order valence-electron chi connectivity index (χ1n) is 9.45. The molecule has 9 heteroatoms. The van der Waals surface area contributed by atoms with Crippen molar-refractivity contribution in [3.8, 4) is 11.4 Å². The molecule has 0 atom stereocenters. The highest BCUT2D eigenvalue weighted by atomic mass is 19.4. The number of aromatic nitrogens is 2. The Hall–Kier alpha value is -3.36. The number of carbonyl (C=O) groups excluding carboxylic acids is 1. The topological polar surface area (TPSA) is 71.3 Å². The van der Waals surface area contributed by atoms with Crippen LogP contribution in [0.15, 0.2) is 53.1 Å². The molecule has 158 valence electrons. The van der Waals surface area contributed by atoms with E-state index in [0.29, 0.717) is 29.9 Å². The molecule has 0 fully saturated rings. The number of rotatable bonds is 7. The van der Waals surface area contributed by atoms with E-state index in [2.05, 4.69) is 15.5 Å². The van der Waals surface area contributed by atoms with Gasteiger partial charge < -0.3 is 14.7 Å². The van der Waals surface area contributed by atoms with E-state index in [1.54, 1.807) is 23.1 Å². The van der Waals surface area contributed by atoms with Crippen molar-refractivity contribution >= 4 is 11.6 Å². The molecule has 0 aliphatic heterocycles. The van der Waals surface area contributed by atoms with Gasteiger partial charge in [-0.05, 0) is 38.1 Å². The maximum Gasteiger partial charge on any atom is 0.416 e. The lowest BCUT2D eigenvalue weighted by molar-refractivity contribution is -0.137. The first-order valence-corrected chi connectivity index (χ1v) is 9.45. The third-order valence-corrected chi connectivity index (χ3v) is 4.58. The molecule has 0 spiro atoms. The number of anilines is 1. The number of carbonyl (C=O) groups is 1. The van der Waals surface area contributed by atoms with Gasteiger partial charge in [0.2, 0.25) is 11.7 Å². The lowest BCUT2D eigenvalue weighted by atomic mass is 10.1. The van der Waals surface area contributed by atoms with Crippen molar-refractivity contribution in [2.45, 2.75) is 26.6 Å². The summed E-state index contributed by atoms with van der Waals surface area (Å²) in [5, 5.41) is 6.94. The van der Waals surface area contributed by atoms with Gasteiger partial charge in [0.25, 0.3) is 5.91 Å². The van der Waals surface area contributed by atoms with Crippen LogP contribution < -0.4 is 5.32 Å². The fourth-order valence-electron chi connectivity index (χ4n) is 2.93. The van der Waals surface area contributed by atoms with Crippen LogP contribution in [0, 0.1) is 0 Å². The Morgan fingerprint density at radius 1 is 1.07 bits per heavy atom. The van der Waals surface area contributed by atoms with E-state index in [-0.39, 0.29) is 24.2 Å². The zero-order valence-corrected chi connectivity index (χ0v) is 16.5. The van der Waals surface area contributed by atoms with Gasteiger partial charge in [-0.1, -0.05) is 29.4 Å². The van der Waals surface area contributed by atoms with Crippen LogP contribution in [-0.2, 0) is 12.7 Å². The summed E-state index contributed by atoms with van der Waals surface area (Å²) in [6.07, 6.45) is -4.40. The minimum Gasteiger partial charge on any atom is -0.375 e. The summed E-state index contributed by atoms with van der Waals surface area (Å²) in [6.45, 7) is 5.20. The van der Waals surface area contributed by atoms with Crippen molar-refractivity contribution in [3.05, 3.63) is 65.5 Å².